The SMILES string of the molecule is COc1ccccc1/C(C)=N\NC(=O)CCN1C(=O)NC(C)(C)C1=O. The zero-order valence-electron chi connectivity index (χ0n) is 14.8. The first-order valence-corrected chi connectivity index (χ1v) is 7.87. The van der Waals surface area contributed by atoms with Crippen molar-refractivity contribution in [2.24, 2.45) is 5.10 Å². The molecule has 1 aliphatic rings. The Morgan fingerprint density at radius 3 is 2.60 bits per heavy atom. The Morgan fingerprint density at radius 2 is 2.00 bits per heavy atom. The fourth-order valence-electron chi connectivity index (χ4n) is 2.44. The highest BCUT2D eigenvalue weighted by molar-refractivity contribution is 6.06. The Morgan fingerprint density at radius 1 is 1.32 bits per heavy atom. The maximum Gasteiger partial charge on any atom is 0.325 e. The van der Waals surface area contributed by atoms with Crippen molar-refractivity contribution in [1.82, 2.24) is 15.6 Å². The Bertz CT molecular complexity index is 727. The first-order valence-electron chi connectivity index (χ1n) is 7.87. The summed E-state index contributed by atoms with van der Waals surface area (Å²) in [6.45, 7) is 4.99. The number of amides is 4. The number of methoxy groups -OCH3 is 1. The van der Waals surface area contributed by atoms with Crippen LogP contribution in [-0.4, -0.2) is 47.7 Å². The molecule has 0 bridgehead atoms. The van der Waals surface area contributed by atoms with Gasteiger partial charge >= 0.3 is 6.03 Å². The van der Waals surface area contributed by atoms with Gasteiger partial charge in [-0.3, -0.25) is 14.5 Å². The molecule has 25 heavy (non-hydrogen) atoms. The van der Waals surface area contributed by atoms with Crippen LogP contribution < -0.4 is 15.5 Å². The van der Waals surface area contributed by atoms with Crippen LogP contribution in [0, 0.1) is 0 Å². The molecule has 0 atom stereocenters. The van der Waals surface area contributed by atoms with Gasteiger partial charge in [0.25, 0.3) is 5.91 Å². The average Bonchev–Trinajstić information content (AvgIpc) is 2.78. The highest BCUT2D eigenvalue weighted by Gasteiger charge is 2.43. The molecule has 1 aromatic carbocycles. The summed E-state index contributed by atoms with van der Waals surface area (Å²) in [5.74, 6) is -0.0851. The van der Waals surface area contributed by atoms with Gasteiger partial charge in [0, 0.05) is 18.5 Å². The number of carbonyl (C=O) groups excluding carboxylic acids is 3. The highest BCUT2D eigenvalue weighted by atomic mass is 16.5. The molecular formula is C17H22N4O4. The van der Waals surface area contributed by atoms with Crippen LogP contribution in [0.3, 0.4) is 0 Å². The van der Waals surface area contributed by atoms with Crippen molar-refractivity contribution in [3.8, 4) is 5.75 Å². The van der Waals surface area contributed by atoms with Crippen molar-refractivity contribution in [3.63, 3.8) is 0 Å². The topological polar surface area (TPSA) is 100 Å². The van der Waals surface area contributed by atoms with E-state index in [-0.39, 0.29) is 24.8 Å². The predicted octanol–water partition coefficient (Wildman–Crippen LogP) is 1.26. The van der Waals surface area contributed by atoms with Crippen LogP contribution in [0.2, 0.25) is 0 Å². The largest absolute Gasteiger partial charge is 0.496 e. The maximum absolute atomic E-state index is 12.0. The lowest BCUT2D eigenvalue weighted by Gasteiger charge is -2.15. The van der Waals surface area contributed by atoms with Crippen molar-refractivity contribution in [2.45, 2.75) is 32.7 Å². The van der Waals surface area contributed by atoms with E-state index in [4.69, 9.17) is 4.74 Å². The second-order valence-electron chi connectivity index (χ2n) is 6.19. The van der Waals surface area contributed by atoms with Gasteiger partial charge in [0.15, 0.2) is 0 Å². The molecule has 0 radical (unpaired) electrons. The van der Waals surface area contributed by atoms with Crippen LogP contribution in [0.25, 0.3) is 0 Å². The van der Waals surface area contributed by atoms with E-state index in [1.54, 1.807) is 33.9 Å². The summed E-state index contributed by atoms with van der Waals surface area (Å²) in [5.41, 5.74) is 2.84. The van der Waals surface area contributed by atoms with Gasteiger partial charge < -0.3 is 10.1 Å². The fourth-order valence-corrected chi connectivity index (χ4v) is 2.44. The molecule has 8 heteroatoms. The third-order valence-electron chi connectivity index (χ3n) is 3.85. The van der Waals surface area contributed by atoms with E-state index in [1.807, 2.05) is 18.2 Å². The van der Waals surface area contributed by atoms with Crippen molar-refractivity contribution in [1.29, 1.82) is 0 Å². The molecule has 0 aromatic heterocycles. The number of benzene rings is 1. The number of hydrogen-bond donors (Lipinski definition) is 2. The molecule has 134 valence electrons. The van der Waals surface area contributed by atoms with Gasteiger partial charge in [-0.2, -0.15) is 5.10 Å². The summed E-state index contributed by atoms with van der Waals surface area (Å²) in [6, 6.07) is 6.83. The number of hydrogen-bond acceptors (Lipinski definition) is 5. The van der Waals surface area contributed by atoms with Gasteiger partial charge in [-0.05, 0) is 32.9 Å². The highest BCUT2D eigenvalue weighted by Crippen LogP contribution is 2.18. The molecule has 1 aliphatic heterocycles. The quantitative estimate of drug-likeness (QED) is 0.460. The summed E-state index contributed by atoms with van der Waals surface area (Å²) in [5, 5.41) is 6.61. The minimum atomic E-state index is -0.938. The third-order valence-corrected chi connectivity index (χ3v) is 3.85. The Labute approximate surface area is 146 Å². The molecule has 1 fully saturated rings. The van der Waals surface area contributed by atoms with Gasteiger partial charge in [-0.15, -0.1) is 0 Å². The lowest BCUT2D eigenvalue weighted by molar-refractivity contribution is -0.130. The standard InChI is InChI=1S/C17H22N4O4/c1-11(12-7-5-6-8-13(12)25-4)19-20-14(22)9-10-21-15(23)17(2,3)18-16(21)24/h5-8H,9-10H2,1-4H3,(H,18,24)(H,20,22)/b19-11-. The van der Waals surface area contributed by atoms with Gasteiger partial charge in [0.1, 0.15) is 11.3 Å². The van der Waals surface area contributed by atoms with E-state index in [2.05, 4.69) is 15.8 Å². The molecule has 2 N–H and O–H groups in total. The number of para-hydroxylation sites is 1. The minimum absolute atomic E-state index is 0.00313. The molecule has 8 nitrogen and oxygen atoms in total. The second-order valence-corrected chi connectivity index (χ2v) is 6.19. The van der Waals surface area contributed by atoms with E-state index >= 15 is 0 Å². The number of ether oxygens (including phenoxy) is 1. The summed E-state index contributed by atoms with van der Waals surface area (Å²) in [6.07, 6.45) is -0.0298. The van der Waals surface area contributed by atoms with Crippen LogP contribution in [-0.2, 0) is 9.59 Å². The van der Waals surface area contributed by atoms with E-state index < -0.39 is 11.6 Å². The summed E-state index contributed by atoms with van der Waals surface area (Å²) in [7, 11) is 1.56. The summed E-state index contributed by atoms with van der Waals surface area (Å²) >= 11 is 0. The summed E-state index contributed by atoms with van der Waals surface area (Å²) < 4.78 is 5.25. The van der Waals surface area contributed by atoms with E-state index in [9.17, 15) is 14.4 Å². The zero-order valence-corrected chi connectivity index (χ0v) is 14.8. The molecular weight excluding hydrogens is 324 g/mol. The van der Waals surface area contributed by atoms with Gasteiger partial charge in [0.2, 0.25) is 5.91 Å². The van der Waals surface area contributed by atoms with Crippen LogP contribution in [0.15, 0.2) is 29.4 Å². The third kappa shape index (κ3) is 4.14. The number of nitrogens with one attached hydrogen (secondary N) is 2. The Balaban J connectivity index is 1.93. The van der Waals surface area contributed by atoms with E-state index in [0.29, 0.717) is 11.5 Å². The number of urea groups is 1. The van der Waals surface area contributed by atoms with Crippen molar-refractivity contribution < 1.29 is 19.1 Å². The van der Waals surface area contributed by atoms with Crippen LogP contribution >= 0.6 is 0 Å². The van der Waals surface area contributed by atoms with Crippen LogP contribution in [0.4, 0.5) is 4.79 Å². The van der Waals surface area contributed by atoms with Gasteiger partial charge in [0.05, 0.1) is 12.8 Å². The van der Waals surface area contributed by atoms with Crippen molar-refractivity contribution >= 4 is 23.6 Å². The molecule has 0 aliphatic carbocycles. The first-order chi connectivity index (χ1) is 11.8. The smallest absolute Gasteiger partial charge is 0.325 e. The minimum Gasteiger partial charge on any atom is -0.496 e. The number of nitrogens with zero attached hydrogens (tertiary/aromatic N) is 2. The first kappa shape index (κ1) is 18.4. The van der Waals surface area contributed by atoms with Crippen molar-refractivity contribution in [3.05, 3.63) is 29.8 Å². The molecule has 0 saturated carbocycles. The molecule has 4 amide bonds. The molecule has 1 saturated heterocycles. The van der Waals surface area contributed by atoms with E-state index in [0.717, 1.165) is 10.5 Å². The number of hydrazone groups is 1. The fraction of sp³-hybridized carbons (Fsp3) is 0.412. The van der Waals surface area contributed by atoms with Crippen molar-refractivity contribution in [2.75, 3.05) is 13.7 Å². The lowest BCUT2D eigenvalue weighted by Crippen LogP contribution is -2.40. The van der Waals surface area contributed by atoms with Crippen LogP contribution in [0.1, 0.15) is 32.8 Å². The molecule has 1 heterocycles. The maximum atomic E-state index is 12.0. The lowest BCUT2D eigenvalue weighted by atomic mass is 10.1. The monoisotopic (exact) mass is 346 g/mol. The predicted molar refractivity (Wildman–Crippen MR) is 92.3 cm³/mol. The molecule has 2 rings (SSSR count). The zero-order chi connectivity index (χ0) is 18.6. The van der Waals surface area contributed by atoms with Crippen LogP contribution in [0.5, 0.6) is 5.75 Å². The average molecular weight is 346 g/mol. The Hall–Kier alpha value is -2.90. The number of imide groups is 1. The van der Waals surface area contributed by atoms with Gasteiger partial charge in [-0.25, -0.2) is 10.2 Å². The summed E-state index contributed by atoms with van der Waals surface area (Å²) in [4.78, 5) is 36.8. The molecule has 1 aromatic rings. The second kappa shape index (κ2) is 7.33. The van der Waals surface area contributed by atoms with Gasteiger partial charge in [-0.1, -0.05) is 12.1 Å². The molecule has 0 unspecified atom stereocenters. The van der Waals surface area contributed by atoms with E-state index in [1.165, 1.54) is 0 Å². The Kier molecular flexibility index (Phi) is 5.41. The molecule has 0 spiro atoms. The number of rotatable bonds is 6. The number of carbonyl (C=O) groups is 3. The normalized spacial score (nSPS) is 16.6.